The van der Waals surface area contributed by atoms with Crippen molar-refractivity contribution in [3.8, 4) is 5.75 Å². The van der Waals surface area contributed by atoms with Crippen LogP contribution in [0.3, 0.4) is 0 Å². The lowest BCUT2D eigenvalue weighted by Gasteiger charge is -2.35. The quantitative estimate of drug-likeness (QED) is 0.470. The van der Waals surface area contributed by atoms with Gasteiger partial charge in [-0.2, -0.15) is 0 Å². The molecule has 7 heteroatoms. The van der Waals surface area contributed by atoms with Crippen LogP contribution in [-0.2, 0) is 11.2 Å². The summed E-state index contributed by atoms with van der Waals surface area (Å²) in [7, 11) is 1.67. The van der Waals surface area contributed by atoms with E-state index in [4.69, 9.17) is 14.2 Å². The third-order valence-corrected chi connectivity index (χ3v) is 6.48. The highest BCUT2D eigenvalue weighted by atomic mass is 16.5. The van der Waals surface area contributed by atoms with E-state index in [2.05, 4.69) is 35.2 Å². The van der Waals surface area contributed by atoms with Gasteiger partial charge in [0.1, 0.15) is 22.8 Å². The molecule has 1 amide bonds. The number of carbonyl (C=O) groups is 1. The monoisotopic (exact) mass is 444 g/mol. The van der Waals surface area contributed by atoms with Crippen LogP contribution >= 0.6 is 0 Å². The van der Waals surface area contributed by atoms with Gasteiger partial charge in [0.25, 0.3) is 0 Å². The fourth-order valence-electron chi connectivity index (χ4n) is 4.78. The second kappa shape index (κ2) is 8.39. The number of hydrogen-bond acceptors (Lipinski definition) is 6. The molecular formula is C26H28N4O3. The lowest BCUT2D eigenvalue weighted by molar-refractivity contribution is -0.130. The molecule has 0 saturated carbocycles. The molecule has 1 aliphatic rings. The summed E-state index contributed by atoms with van der Waals surface area (Å²) >= 11 is 0. The Bertz CT molecular complexity index is 1350. The molecule has 1 saturated heterocycles. The molecule has 1 aliphatic heterocycles. The maximum atomic E-state index is 13.0. The van der Waals surface area contributed by atoms with Gasteiger partial charge in [-0.3, -0.25) is 4.79 Å². The van der Waals surface area contributed by atoms with Gasteiger partial charge in [0.05, 0.1) is 13.5 Å². The van der Waals surface area contributed by atoms with E-state index in [9.17, 15) is 4.79 Å². The highest BCUT2D eigenvalue weighted by Gasteiger charge is 2.24. The first kappa shape index (κ1) is 21.2. The zero-order valence-electron chi connectivity index (χ0n) is 19.5. The van der Waals surface area contributed by atoms with Crippen molar-refractivity contribution in [2.24, 2.45) is 0 Å². The third kappa shape index (κ3) is 3.88. The number of benzene rings is 2. The zero-order chi connectivity index (χ0) is 23.1. The van der Waals surface area contributed by atoms with Gasteiger partial charge in [-0.1, -0.05) is 23.4 Å². The Morgan fingerprint density at radius 2 is 1.85 bits per heavy atom. The number of nitrogens with zero attached hydrogens (tertiary/aromatic N) is 4. The molecule has 0 atom stereocenters. The molecule has 0 N–H and O–H groups in total. The maximum Gasteiger partial charge on any atom is 0.228 e. The van der Waals surface area contributed by atoms with Crippen molar-refractivity contribution in [1.82, 2.24) is 15.0 Å². The highest BCUT2D eigenvalue weighted by Crippen LogP contribution is 2.30. The largest absolute Gasteiger partial charge is 0.494 e. The fraction of sp³-hybridized carbons (Fsp3) is 0.346. The van der Waals surface area contributed by atoms with E-state index < -0.39 is 0 Å². The second-order valence-corrected chi connectivity index (χ2v) is 8.78. The summed E-state index contributed by atoms with van der Waals surface area (Å²) in [4.78, 5) is 22.1. The highest BCUT2D eigenvalue weighted by molar-refractivity contribution is 5.90. The van der Waals surface area contributed by atoms with Crippen molar-refractivity contribution >= 4 is 33.6 Å². The number of aromatic nitrogens is 2. The van der Waals surface area contributed by atoms with Gasteiger partial charge < -0.3 is 19.1 Å². The molecule has 7 nitrogen and oxygen atoms in total. The molecular weight excluding hydrogens is 416 g/mol. The molecule has 0 unspecified atom stereocenters. The van der Waals surface area contributed by atoms with Gasteiger partial charge in [-0.05, 0) is 55.7 Å². The van der Waals surface area contributed by atoms with Gasteiger partial charge in [0.15, 0.2) is 5.58 Å². The van der Waals surface area contributed by atoms with Gasteiger partial charge >= 0.3 is 0 Å². The minimum absolute atomic E-state index is 0.0779. The van der Waals surface area contributed by atoms with Crippen molar-refractivity contribution in [3.63, 3.8) is 0 Å². The van der Waals surface area contributed by atoms with Gasteiger partial charge in [0, 0.05) is 37.0 Å². The Morgan fingerprint density at radius 3 is 2.61 bits per heavy atom. The summed E-state index contributed by atoms with van der Waals surface area (Å²) in [5.74, 6) is 1.77. The van der Waals surface area contributed by atoms with Crippen molar-refractivity contribution in [1.29, 1.82) is 0 Å². The lowest BCUT2D eigenvalue weighted by atomic mass is 10.0. The number of piperazine rings is 1. The van der Waals surface area contributed by atoms with Crippen LogP contribution in [0.2, 0.25) is 0 Å². The molecule has 2 aromatic heterocycles. The minimum Gasteiger partial charge on any atom is -0.494 e. The van der Waals surface area contributed by atoms with Gasteiger partial charge in [-0.15, -0.1) is 0 Å². The Hall–Kier alpha value is -3.61. The number of rotatable bonds is 4. The maximum absolute atomic E-state index is 13.0. The van der Waals surface area contributed by atoms with Gasteiger partial charge in [0.2, 0.25) is 5.91 Å². The summed E-state index contributed by atoms with van der Waals surface area (Å²) in [6.07, 6.45) is 0.251. The van der Waals surface area contributed by atoms with Crippen LogP contribution in [-0.4, -0.2) is 54.2 Å². The first-order chi connectivity index (χ1) is 15.9. The van der Waals surface area contributed by atoms with Crippen molar-refractivity contribution in [2.45, 2.75) is 27.2 Å². The van der Waals surface area contributed by atoms with E-state index >= 15 is 0 Å². The molecule has 0 radical (unpaired) electrons. The Labute approximate surface area is 192 Å². The topological polar surface area (TPSA) is 71.7 Å². The Balaban J connectivity index is 1.30. The molecule has 0 spiro atoms. The lowest BCUT2D eigenvalue weighted by Crippen LogP contribution is -2.49. The number of aryl methyl sites for hydroxylation is 3. The summed E-state index contributed by atoms with van der Waals surface area (Å²) in [6.45, 7) is 8.93. The predicted octanol–water partition coefficient (Wildman–Crippen LogP) is 4.20. The van der Waals surface area contributed by atoms with Gasteiger partial charge in [-0.25, -0.2) is 4.98 Å². The minimum atomic E-state index is 0.0779. The van der Waals surface area contributed by atoms with E-state index in [-0.39, 0.29) is 12.3 Å². The number of anilines is 1. The molecule has 170 valence electrons. The number of ether oxygens (including phenoxy) is 1. The number of pyridine rings is 1. The van der Waals surface area contributed by atoms with E-state index in [0.29, 0.717) is 18.8 Å². The number of fused-ring (bicyclic) bond motifs is 2. The van der Waals surface area contributed by atoms with Crippen LogP contribution in [0.1, 0.15) is 22.4 Å². The molecule has 0 aliphatic carbocycles. The average Bonchev–Trinajstić information content (AvgIpc) is 3.21. The Kier molecular flexibility index (Phi) is 5.40. The normalized spacial score (nSPS) is 14.3. The number of methoxy groups -OCH3 is 1. The number of amides is 1. The molecule has 0 bridgehead atoms. The van der Waals surface area contributed by atoms with Crippen molar-refractivity contribution in [2.75, 3.05) is 38.2 Å². The molecule has 4 aromatic rings. The van der Waals surface area contributed by atoms with Crippen LogP contribution < -0.4 is 9.64 Å². The van der Waals surface area contributed by atoms with Crippen LogP contribution in [0.15, 0.2) is 40.9 Å². The summed E-state index contributed by atoms with van der Waals surface area (Å²) in [5, 5.41) is 6.25. The standard InChI is InChI=1S/C26H28N4O3/c1-16-12-18(3)25-20(28-33-22(25)13-16)15-24(31)30-10-8-29(9-11-30)23-14-17(2)19-6-5-7-21(32-4)26(19)27-23/h5-7,12-14H,8-11,15H2,1-4H3. The zero-order valence-corrected chi connectivity index (χ0v) is 19.5. The molecule has 33 heavy (non-hydrogen) atoms. The average molecular weight is 445 g/mol. The van der Waals surface area contributed by atoms with Crippen LogP contribution in [0.5, 0.6) is 5.75 Å². The number of hydrogen-bond donors (Lipinski definition) is 0. The first-order valence-electron chi connectivity index (χ1n) is 11.3. The van der Waals surface area contributed by atoms with Crippen LogP contribution in [0.4, 0.5) is 5.82 Å². The predicted molar refractivity (Wildman–Crippen MR) is 129 cm³/mol. The first-order valence-corrected chi connectivity index (χ1v) is 11.3. The van der Waals surface area contributed by atoms with E-state index in [1.165, 1.54) is 0 Å². The van der Waals surface area contributed by atoms with Crippen molar-refractivity contribution < 1.29 is 14.1 Å². The van der Waals surface area contributed by atoms with Crippen LogP contribution in [0, 0.1) is 20.8 Å². The molecule has 1 fully saturated rings. The Morgan fingerprint density at radius 1 is 1.06 bits per heavy atom. The smallest absolute Gasteiger partial charge is 0.228 e. The molecule has 3 heterocycles. The molecule has 2 aromatic carbocycles. The SMILES string of the molecule is COc1cccc2c(C)cc(N3CCN(C(=O)Cc4noc5cc(C)cc(C)c45)CC3)nc12. The second-order valence-electron chi connectivity index (χ2n) is 8.78. The molecule has 5 rings (SSSR count). The van der Waals surface area contributed by atoms with E-state index in [1.54, 1.807) is 7.11 Å². The number of carbonyl (C=O) groups excluding carboxylic acids is 1. The van der Waals surface area contributed by atoms with Crippen molar-refractivity contribution in [3.05, 3.63) is 58.8 Å². The summed E-state index contributed by atoms with van der Waals surface area (Å²) in [6, 6.07) is 12.2. The van der Waals surface area contributed by atoms with E-state index in [0.717, 1.165) is 63.2 Å². The third-order valence-electron chi connectivity index (χ3n) is 6.48. The van der Waals surface area contributed by atoms with E-state index in [1.807, 2.05) is 36.9 Å². The number of para-hydroxylation sites is 1. The fourth-order valence-corrected chi connectivity index (χ4v) is 4.78. The van der Waals surface area contributed by atoms with Crippen LogP contribution in [0.25, 0.3) is 21.9 Å². The summed E-state index contributed by atoms with van der Waals surface area (Å²) < 4.78 is 11.0. The summed E-state index contributed by atoms with van der Waals surface area (Å²) in [5.41, 5.74) is 5.71.